The Balaban J connectivity index is 1.92. The molecule has 1 N–H and O–H groups in total. The first kappa shape index (κ1) is 18.1. The summed E-state index contributed by atoms with van der Waals surface area (Å²) in [6, 6.07) is 12.7. The predicted molar refractivity (Wildman–Crippen MR) is 89.4 cm³/mol. The molecule has 4 nitrogen and oxygen atoms in total. The molecule has 7 heteroatoms. The Kier molecular flexibility index (Phi) is 6.43. The van der Waals surface area contributed by atoms with E-state index in [0.717, 1.165) is 4.47 Å². The average Bonchev–Trinajstić information content (AvgIpc) is 2.54. The van der Waals surface area contributed by atoms with Crippen molar-refractivity contribution in [1.29, 1.82) is 0 Å². The molecule has 1 amide bonds. The average molecular weight is 398 g/mol. The largest absolute Gasteiger partial charge is 0.433 e. The number of alkyl halides is 2. The minimum absolute atomic E-state index is 0.0192. The van der Waals surface area contributed by atoms with Crippen LogP contribution in [-0.4, -0.2) is 18.3 Å². The first-order valence-corrected chi connectivity index (χ1v) is 7.87. The summed E-state index contributed by atoms with van der Waals surface area (Å²) in [7, 11) is 0. The quantitative estimate of drug-likeness (QED) is 0.691. The molecule has 126 valence electrons. The van der Waals surface area contributed by atoms with Crippen molar-refractivity contribution >= 4 is 33.3 Å². The van der Waals surface area contributed by atoms with E-state index in [1.54, 1.807) is 30.3 Å². The van der Waals surface area contributed by atoms with Crippen LogP contribution in [0.1, 0.15) is 23.2 Å². The third-order valence-electron chi connectivity index (χ3n) is 3.12. The molecule has 0 spiro atoms. The first-order chi connectivity index (χ1) is 11.5. The number of amides is 1. The number of hydrogen-bond donors (Lipinski definition) is 1. The van der Waals surface area contributed by atoms with Gasteiger partial charge in [0.25, 0.3) is 0 Å². The minimum atomic E-state index is -2.98. The van der Waals surface area contributed by atoms with E-state index in [2.05, 4.69) is 26.0 Å². The number of benzene rings is 2. The molecule has 2 rings (SSSR count). The van der Waals surface area contributed by atoms with Gasteiger partial charge in [-0.25, -0.2) is 0 Å². The highest BCUT2D eigenvalue weighted by Gasteiger charge is 2.13. The summed E-state index contributed by atoms with van der Waals surface area (Å²) in [5, 5.41) is 2.47. The number of halogens is 3. The Labute approximate surface area is 145 Å². The lowest BCUT2D eigenvalue weighted by Crippen LogP contribution is -2.15. The number of nitrogens with one attached hydrogen (secondary N) is 1. The van der Waals surface area contributed by atoms with Crippen molar-refractivity contribution in [2.45, 2.75) is 19.5 Å². The summed E-state index contributed by atoms with van der Waals surface area (Å²) >= 11 is 3.28. The summed E-state index contributed by atoms with van der Waals surface area (Å²) in [5.41, 5.74) is 0.645. The second-order valence-electron chi connectivity index (χ2n) is 4.85. The summed E-state index contributed by atoms with van der Waals surface area (Å²) in [6.07, 6.45) is -0.0384. The Morgan fingerprint density at radius 2 is 1.71 bits per heavy atom. The Morgan fingerprint density at radius 3 is 2.38 bits per heavy atom. The van der Waals surface area contributed by atoms with Crippen LogP contribution < -0.4 is 10.1 Å². The summed E-state index contributed by atoms with van der Waals surface area (Å²) in [4.78, 5) is 23.9. The van der Waals surface area contributed by atoms with Gasteiger partial charge in [-0.2, -0.15) is 8.78 Å². The number of carbonyl (C=O) groups is 2. The highest BCUT2D eigenvalue weighted by atomic mass is 79.9. The van der Waals surface area contributed by atoms with E-state index >= 15 is 0 Å². The van der Waals surface area contributed by atoms with Crippen molar-refractivity contribution in [1.82, 2.24) is 0 Å². The number of carbonyl (C=O) groups excluding carboxylic acids is 2. The van der Waals surface area contributed by atoms with Crippen LogP contribution in [0.4, 0.5) is 14.5 Å². The Hall–Kier alpha value is -2.28. The van der Waals surface area contributed by atoms with Crippen molar-refractivity contribution in [3.05, 3.63) is 58.6 Å². The van der Waals surface area contributed by atoms with Crippen LogP contribution in [0.25, 0.3) is 0 Å². The highest BCUT2D eigenvalue weighted by molar-refractivity contribution is 9.10. The van der Waals surface area contributed by atoms with Crippen LogP contribution >= 0.6 is 15.9 Å². The molecule has 0 heterocycles. The molecule has 0 aliphatic heterocycles. The summed E-state index contributed by atoms with van der Waals surface area (Å²) in [5.74, 6) is -0.749. The first-order valence-electron chi connectivity index (χ1n) is 7.08. The molecule has 24 heavy (non-hydrogen) atoms. The lowest BCUT2D eigenvalue weighted by Gasteiger charge is -2.11. The van der Waals surface area contributed by atoms with E-state index in [1.807, 2.05) is 0 Å². The zero-order chi connectivity index (χ0) is 17.5. The van der Waals surface area contributed by atoms with Gasteiger partial charge >= 0.3 is 6.61 Å². The molecule has 0 saturated heterocycles. The van der Waals surface area contributed by atoms with Crippen molar-refractivity contribution < 1.29 is 23.1 Å². The second kappa shape index (κ2) is 8.54. The zero-order valence-electron chi connectivity index (χ0n) is 12.5. The molecule has 0 unspecified atom stereocenters. The molecule has 0 aromatic heterocycles. The molecule has 0 saturated carbocycles. The molecular formula is C17H14BrF2NO3. The van der Waals surface area contributed by atoms with Crippen molar-refractivity contribution in [2.75, 3.05) is 5.32 Å². The van der Waals surface area contributed by atoms with Gasteiger partial charge in [-0.1, -0.05) is 40.2 Å². The van der Waals surface area contributed by atoms with Gasteiger partial charge in [0.2, 0.25) is 5.91 Å². The number of para-hydroxylation sites is 2. The molecule has 0 bridgehead atoms. The fourth-order valence-electron chi connectivity index (χ4n) is 1.99. The lowest BCUT2D eigenvalue weighted by molar-refractivity contribution is -0.116. The molecule has 0 atom stereocenters. The van der Waals surface area contributed by atoms with Gasteiger partial charge in [0, 0.05) is 22.9 Å². The molecule has 0 fully saturated rings. The molecule has 0 aliphatic carbocycles. The SMILES string of the molecule is O=C(CCC(=O)c1ccc(Br)cc1)Nc1ccccc1OC(F)F. The zero-order valence-corrected chi connectivity index (χ0v) is 14.1. The number of hydrogen-bond acceptors (Lipinski definition) is 3. The van der Waals surface area contributed by atoms with Gasteiger partial charge in [-0.05, 0) is 24.3 Å². The fourth-order valence-corrected chi connectivity index (χ4v) is 2.25. The van der Waals surface area contributed by atoms with Gasteiger partial charge in [-0.3, -0.25) is 9.59 Å². The number of Topliss-reactive ketones (excluding diaryl/α,β-unsaturated/α-hetero) is 1. The van der Waals surface area contributed by atoms with E-state index in [-0.39, 0.29) is 30.1 Å². The third-order valence-corrected chi connectivity index (χ3v) is 3.65. The fraction of sp³-hybridized carbons (Fsp3) is 0.176. The maximum absolute atomic E-state index is 12.3. The van der Waals surface area contributed by atoms with Gasteiger partial charge in [0.15, 0.2) is 5.78 Å². The van der Waals surface area contributed by atoms with Crippen LogP contribution in [-0.2, 0) is 4.79 Å². The van der Waals surface area contributed by atoms with Gasteiger partial charge in [0.05, 0.1) is 5.69 Å². The van der Waals surface area contributed by atoms with E-state index in [9.17, 15) is 18.4 Å². The normalized spacial score (nSPS) is 10.5. The molecular weight excluding hydrogens is 384 g/mol. The van der Waals surface area contributed by atoms with Gasteiger partial charge < -0.3 is 10.1 Å². The summed E-state index contributed by atoms with van der Waals surface area (Å²) in [6.45, 7) is -2.98. The molecule has 0 aliphatic rings. The van der Waals surface area contributed by atoms with Crippen LogP contribution in [0.2, 0.25) is 0 Å². The monoisotopic (exact) mass is 397 g/mol. The standard InChI is InChI=1S/C17H14BrF2NO3/c18-12-7-5-11(6-8-12)14(22)9-10-16(23)21-13-3-1-2-4-15(13)24-17(19)20/h1-8,17H,9-10H2,(H,21,23). The van der Waals surface area contributed by atoms with Gasteiger partial charge in [0.1, 0.15) is 5.75 Å². The Bertz CT molecular complexity index is 720. The van der Waals surface area contributed by atoms with Crippen molar-refractivity contribution in [3.63, 3.8) is 0 Å². The number of ketones is 1. The molecule has 2 aromatic rings. The number of anilines is 1. The van der Waals surface area contributed by atoms with Crippen LogP contribution in [0.15, 0.2) is 53.0 Å². The van der Waals surface area contributed by atoms with E-state index in [0.29, 0.717) is 5.56 Å². The van der Waals surface area contributed by atoms with Crippen LogP contribution in [0.3, 0.4) is 0 Å². The van der Waals surface area contributed by atoms with Crippen LogP contribution in [0, 0.1) is 0 Å². The number of ether oxygens (including phenoxy) is 1. The lowest BCUT2D eigenvalue weighted by atomic mass is 10.1. The third kappa shape index (κ3) is 5.42. The second-order valence-corrected chi connectivity index (χ2v) is 5.77. The van der Waals surface area contributed by atoms with Crippen LogP contribution in [0.5, 0.6) is 5.75 Å². The maximum Gasteiger partial charge on any atom is 0.387 e. The Morgan fingerprint density at radius 1 is 1.04 bits per heavy atom. The highest BCUT2D eigenvalue weighted by Crippen LogP contribution is 2.25. The van der Waals surface area contributed by atoms with E-state index in [1.165, 1.54) is 18.2 Å². The van der Waals surface area contributed by atoms with E-state index < -0.39 is 12.5 Å². The van der Waals surface area contributed by atoms with Gasteiger partial charge in [-0.15, -0.1) is 0 Å². The van der Waals surface area contributed by atoms with Crippen molar-refractivity contribution in [2.24, 2.45) is 0 Å². The summed E-state index contributed by atoms with van der Waals surface area (Å²) < 4.78 is 29.8. The smallest absolute Gasteiger partial charge is 0.387 e. The molecule has 2 aromatic carbocycles. The maximum atomic E-state index is 12.3. The minimum Gasteiger partial charge on any atom is -0.433 e. The number of rotatable bonds is 7. The van der Waals surface area contributed by atoms with Crippen molar-refractivity contribution in [3.8, 4) is 5.75 Å². The predicted octanol–water partition coefficient (Wildman–Crippen LogP) is 4.65. The molecule has 0 radical (unpaired) electrons. The topological polar surface area (TPSA) is 55.4 Å². The van der Waals surface area contributed by atoms with E-state index in [4.69, 9.17) is 0 Å².